The Kier molecular flexibility index (Phi) is 4.05. The molecule has 2 aromatic heterocycles. The molecule has 0 saturated heterocycles. The van der Waals surface area contributed by atoms with E-state index in [2.05, 4.69) is 22.3 Å². The summed E-state index contributed by atoms with van der Waals surface area (Å²) in [5.41, 5.74) is 1.11. The predicted octanol–water partition coefficient (Wildman–Crippen LogP) is 2.91. The number of nitrogens with one attached hydrogen (secondary N) is 1. The van der Waals surface area contributed by atoms with E-state index in [1.54, 1.807) is 34.3 Å². The van der Waals surface area contributed by atoms with E-state index in [0.29, 0.717) is 6.04 Å². The van der Waals surface area contributed by atoms with Gasteiger partial charge in [0.2, 0.25) is 0 Å². The van der Waals surface area contributed by atoms with Crippen LogP contribution in [0, 0.1) is 13.8 Å². The maximum Gasteiger partial charge on any atom is 0.266 e. The first-order chi connectivity index (χ1) is 10.1. The molecule has 5 nitrogen and oxygen atoms in total. The van der Waals surface area contributed by atoms with Gasteiger partial charge in [-0.05, 0) is 45.6 Å². The Bertz CT molecular complexity index is 651. The maximum atomic E-state index is 11.8. The van der Waals surface area contributed by atoms with E-state index in [4.69, 9.17) is 0 Å². The molecule has 0 amide bonds. The first-order valence-corrected chi connectivity index (χ1v) is 8.19. The van der Waals surface area contributed by atoms with Crippen molar-refractivity contribution in [3.63, 3.8) is 0 Å². The van der Waals surface area contributed by atoms with Crippen LogP contribution < -0.4 is 10.9 Å². The third-order valence-corrected chi connectivity index (χ3v) is 5.14. The first kappa shape index (κ1) is 14.3. The van der Waals surface area contributed by atoms with Crippen LogP contribution in [0.15, 0.2) is 23.1 Å². The molecule has 0 aliphatic heterocycles. The van der Waals surface area contributed by atoms with E-state index in [1.807, 2.05) is 6.92 Å². The molecule has 3 rings (SSSR count). The number of anilines is 1. The molecule has 2 aromatic rings. The fraction of sp³-hybridized carbons (Fsp3) is 0.533. The SMILES string of the molecule is Cc1nc(NC2CCC(n3ncccc3=O)CC2)sc1C. The summed E-state index contributed by atoms with van der Waals surface area (Å²) in [6.45, 7) is 4.14. The molecule has 6 heteroatoms. The highest BCUT2D eigenvalue weighted by molar-refractivity contribution is 7.15. The van der Waals surface area contributed by atoms with Crippen molar-refractivity contribution in [1.82, 2.24) is 14.8 Å². The molecule has 0 spiro atoms. The zero-order valence-corrected chi connectivity index (χ0v) is 13.2. The van der Waals surface area contributed by atoms with Crippen molar-refractivity contribution in [2.45, 2.75) is 51.6 Å². The monoisotopic (exact) mass is 304 g/mol. The highest BCUT2D eigenvalue weighted by Gasteiger charge is 2.24. The van der Waals surface area contributed by atoms with Crippen LogP contribution in [-0.4, -0.2) is 20.8 Å². The minimum Gasteiger partial charge on any atom is -0.359 e. The molecule has 1 fully saturated rings. The molecule has 0 aromatic carbocycles. The van der Waals surface area contributed by atoms with E-state index in [0.717, 1.165) is 36.5 Å². The van der Waals surface area contributed by atoms with Crippen LogP contribution in [0.2, 0.25) is 0 Å². The van der Waals surface area contributed by atoms with Crippen LogP contribution in [0.1, 0.15) is 42.3 Å². The lowest BCUT2D eigenvalue weighted by Gasteiger charge is -2.29. The summed E-state index contributed by atoms with van der Waals surface area (Å²) in [6, 6.07) is 3.96. The van der Waals surface area contributed by atoms with Gasteiger partial charge in [0, 0.05) is 23.2 Å². The van der Waals surface area contributed by atoms with Crippen LogP contribution in [0.5, 0.6) is 0 Å². The number of thiazole rings is 1. The Balaban J connectivity index is 1.60. The van der Waals surface area contributed by atoms with Gasteiger partial charge in [-0.3, -0.25) is 4.79 Å². The molecular formula is C15H20N4OS. The zero-order chi connectivity index (χ0) is 14.8. The summed E-state index contributed by atoms with van der Waals surface area (Å²) in [7, 11) is 0. The van der Waals surface area contributed by atoms with E-state index in [1.165, 1.54) is 4.88 Å². The zero-order valence-electron chi connectivity index (χ0n) is 12.4. The van der Waals surface area contributed by atoms with Gasteiger partial charge in [-0.15, -0.1) is 11.3 Å². The molecule has 1 aliphatic rings. The lowest BCUT2D eigenvalue weighted by Crippen LogP contribution is -2.32. The number of aromatic nitrogens is 3. The number of rotatable bonds is 3. The average molecular weight is 304 g/mol. The molecule has 0 bridgehead atoms. The van der Waals surface area contributed by atoms with Crippen LogP contribution in [0.3, 0.4) is 0 Å². The van der Waals surface area contributed by atoms with Crippen molar-refractivity contribution in [2.24, 2.45) is 0 Å². The third kappa shape index (κ3) is 3.15. The van der Waals surface area contributed by atoms with Crippen molar-refractivity contribution in [3.8, 4) is 0 Å². The largest absolute Gasteiger partial charge is 0.359 e. The van der Waals surface area contributed by atoms with Gasteiger partial charge in [0.25, 0.3) is 5.56 Å². The molecule has 0 radical (unpaired) electrons. The molecule has 0 atom stereocenters. The fourth-order valence-corrected chi connectivity index (χ4v) is 3.71. The topological polar surface area (TPSA) is 59.8 Å². The van der Waals surface area contributed by atoms with Crippen molar-refractivity contribution in [2.75, 3.05) is 5.32 Å². The number of aryl methyl sites for hydroxylation is 2. The first-order valence-electron chi connectivity index (χ1n) is 7.38. The normalized spacial score (nSPS) is 22.2. The van der Waals surface area contributed by atoms with E-state index >= 15 is 0 Å². The van der Waals surface area contributed by atoms with Gasteiger partial charge < -0.3 is 5.32 Å². The highest BCUT2D eigenvalue weighted by Crippen LogP contribution is 2.30. The van der Waals surface area contributed by atoms with Crippen molar-refractivity contribution < 1.29 is 0 Å². The molecule has 112 valence electrons. The maximum absolute atomic E-state index is 11.8. The molecule has 1 saturated carbocycles. The summed E-state index contributed by atoms with van der Waals surface area (Å²) in [6.07, 6.45) is 5.75. The fourth-order valence-electron chi connectivity index (χ4n) is 2.82. The predicted molar refractivity (Wildman–Crippen MR) is 85.0 cm³/mol. The van der Waals surface area contributed by atoms with Gasteiger partial charge >= 0.3 is 0 Å². The van der Waals surface area contributed by atoms with Crippen LogP contribution in [-0.2, 0) is 0 Å². The van der Waals surface area contributed by atoms with Crippen molar-refractivity contribution >= 4 is 16.5 Å². The highest BCUT2D eigenvalue weighted by atomic mass is 32.1. The Morgan fingerprint density at radius 1 is 1.29 bits per heavy atom. The van der Waals surface area contributed by atoms with Crippen molar-refractivity contribution in [3.05, 3.63) is 39.3 Å². The molecule has 2 heterocycles. The smallest absolute Gasteiger partial charge is 0.266 e. The van der Waals surface area contributed by atoms with Crippen LogP contribution in [0.25, 0.3) is 0 Å². The van der Waals surface area contributed by atoms with Gasteiger partial charge in [-0.25, -0.2) is 9.67 Å². The number of hydrogen-bond acceptors (Lipinski definition) is 5. The quantitative estimate of drug-likeness (QED) is 0.947. The Morgan fingerprint density at radius 2 is 2.05 bits per heavy atom. The van der Waals surface area contributed by atoms with Gasteiger partial charge in [0.1, 0.15) is 0 Å². The molecule has 1 N–H and O–H groups in total. The van der Waals surface area contributed by atoms with Gasteiger partial charge in [0.15, 0.2) is 5.13 Å². The minimum absolute atomic E-state index is 0.0000761. The standard InChI is InChI=1S/C15H20N4OS/c1-10-11(2)21-15(17-10)18-12-5-7-13(8-6-12)19-14(20)4-3-9-16-19/h3-4,9,12-13H,5-8H2,1-2H3,(H,17,18). The lowest BCUT2D eigenvalue weighted by atomic mass is 9.91. The van der Waals surface area contributed by atoms with E-state index in [-0.39, 0.29) is 11.6 Å². The Morgan fingerprint density at radius 3 is 2.67 bits per heavy atom. The second-order valence-corrected chi connectivity index (χ2v) is 6.82. The second-order valence-electron chi connectivity index (χ2n) is 5.62. The van der Waals surface area contributed by atoms with Gasteiger partial charge in [-0.2, -0.15) is 5.10 Å². The summed E-state index contributed by atoms with van der Waals surface area (Å²) in [4.78, 5) is 17.6. The van der Waals surface area contributed by atoms with Crippen molar-refractivity contribution in [1.29, 1.82) is 0 Å². The average Bonchev–Trinajstić information content (AvgIpc) is 2.79. The lowest BCUT2D eigenvalue weighted by molar-refractivity contribution is 0.303. The van der Waals surface area contributed by atoms with Crippen LogP contribution >= 0.6 is 11.3 Å². The summed E-state index contributed by atoms with van der Waals surface area (Å²) < 4.78 is 1.63. The van der Waals surface area contributed by atoms with Gasteiger partial charge in [0.05, 0.1) is 11.7 Å². The molecule has 21 heavy (non-hydrogen) atoms. The second kappa shape index (κ2) is 5.97. The minimum atomic E-state index is 0.0000761. The van der Waals surface area contributed by atoms with Gasteiger partial charge in [-0.1, -0.05) is 0 Å². The van der Waals surface area contributed by atoms with E-state index < -0.39 is 0 Å². The third-order valence-electron chi connectivity index (χ3n) is 4.14. The summed E-state index contributed by atoms with van der Waals surface area (Å²) in [5, 5.41) is 8.75. The Labute approximate surface area is 128 Å². The number of hydrogen-bond donors (Lipinski definition) is 1. The number of nitrogens with zero attached hydrogens (tertiary/aromatic N) is 3. The van der Waals surface area contributed by atoms with Crippen LogP contribution in [0.4, 0.5) is 5.13 Å². The molecule has 0 unspecified atom stereocenters. The summed E-state index contributed by atoms with van der Waals surface area (Å²) in [5.74, 6) is 0. The van der Waals surface area contributed by atoms with E-state index in [9.17, 15) is 4.79 Å². The molecular weight excluding hydrogens is 284 g/mol. The molecule has 1 aliphatic carbocycles. The Hall–Kier alpha value is -1.69. The summed E-state index contributed by atoms with van der Waals surface area (Å²) >= 11 is 1.72.